The van der Waals surface area contributed by atoms with Gasteiger partial charge in [0, 0.05) is 16.9 Å². The first-order valence-corrected chi connectivity index (χ1v) is 9.17. The number of carbonyl (C=O) groups is 2. The molecule has 1 fully saturated rings. The van der Waals surface area contributed by atoms with Gasteiger partial charge < -0.3 is 10.2 Å². The van der Waals surface area contributed by atoms with Crippen LogP contribution in [0.25, 0.3) is 0 Å². The van der Waals surface area contributed by atoms with Gasteiger partial charge in [-0.15, -0.1) is 11.8 Å². The monoisotopic (exact) mass is 356 g/mol. The highest BCUT2D eigenvalue weighted by Gasteiger charge is 2.40. The van der Waals surface area contributed by atoms with E-state index in [1.54, 1.807) is 17.0 Å². The lowest BCUT2D eigenvalue weighted by atomic mass is 10.1. The highest BCUT2D eigenvalue weighted by Crippen LogP contribution is 2.41. The highest BCUT2D eigenvalue weighted by molar-refractivity contribution is 8.00. The molecule has 25 heavy (non-hydrogen) atoms. The van der Waals surface area contributed by atoms with Crippen LogP contribution in [0.15, 0.2) is 53.4 Å². The van der Waals surface area contributed by atoms with Crippen LogP contribution in [-0.2, 0) is 9.59 Å². The van der Waals surface area contributed by atoms with Crippen molar-refractivity contribution in [1.29, 1.82) is 0 Å². The lowest BCUT2D eigenvalue weighted by Crippen LogP contribution is -2.44. The topological polar surface area (TPSA) is 49.4 Å². The van der Waals surface area contributed by atoms with Gasteiger partial charge in [-0.2, -0.15) is 0 Å². The van der Waals surface area contributed by atoms with Crippen molar-refractivity contribution in [3.63, 3.8) is 0 Å². The summed E-state index contributed by atoms with van der Waals surface area (Å²) in [6.07, 6.45) is 0.845. The van der Waals surface area contributed by atoms with Crippen molar-refractivity contribution >= 4 is 29.3 Å². The van der Waals surface area contributed by atoms with E-state index in [1.165, 1.54) is 23.9 Å². The van der Waals surface area contributed by atoms with Crippen LogP contribution in [0, 0.1) is 5.82 Å². The molecule has 2 aromatic carbocycles. The van der Waals surface area contributed by atoms with Crippen molar-refractivity contribution in [3.8, 4) is 0 Å². The number of thioether (sulfide) groups is 1. The van der Waals surface area contributed by atoms with Gasteiger partial charge in [0.15, 0.2) is 0 Å². The molecule has 1 heterocycles. The van der Waals surface area contributed by atoms with Crippen LogP contribution in [-0.4, -0.2) is 30.2 Å². The van der Waals surface area contributed by atoms with E-state index in [0.29, 0.717) is 5.75 Å². The Morgan fingerprint density at radius 1 is 1.20 bits per heavy atom. The summed E-state index contributed by atoms with van der Waals surface area (Å²) in [6.45, 7) is 0.0308. The van der Waals surface area contributed by atoms with E-state index in [1.807, 2.05) is 24.3 Å². The predicted molar refractivity (Wildman–Crippen MR) is 95.2 cm³/mol. The van der Waals surface area contributed by atoms with Crippen LogP contribution in [0.4, 0.5) is 10.1 Å². The largest absolute Gasteiger partial charge is 0.351 e. The SMILES string of the molecule is O=C(CN1C(=O)CSc2ccccc21)N[C@H]1C[C@@H]1c1ccc(F)cc1. The number of nitrogens with zero attached hydrogens (tertiary/aromatic N) is 1. The number of nitrogens with one attached hydrogen (secondary N) is 1. The Kier molecular flexibility index (Phi) is 4.21. The molecule has 1 aliphatic carbocycles. The van der Waals surface area contributed by atoms with E-state index in [-0.39, 0.29) is 36.1 Å². The molecule has 1 N–H and O–H groups in total. The first-order valence-electron chi connectivity index (χ1n) is 8.19. The quantitative estimate of drug-likeness (QED) is 0.916. The van der Waals surface area contributed by atoms with Gasteiger partial charge in [0.1, 0.15) is 12.4 Å². The van der Waals surface area contributed by atoms with Crippen LogP contribution >= 0.6 is 11.8 Å². The molecule has 128 valence electrons. The number of hydrogen-bond acceptors (Lipinski definition) is 3. The molecular weight excluding hydrogens is 339 g/mol. The van der Waals surface area contributed by atoms with Gasteiger partial charge >= 0.3 is 0 Å². The van der Waals surface area contributed by atoms with Gasteiger partial charge in [-0.25, -0.2) is 4.39 Å². The number of hydrogen-bond donors (Lipinski definition) is 1. The van der Waals surface area contributed by atoms with Crippen LogP contribution in [0.2, 0.25) is 0 Å². The third-order valence-corrected chi connectivity index (χ3v) is 5.59. The summed E-state index contributed by atoms with van der Waals surface area (Å²) in [5, 5.41) is 2.98. The minimum Gasteiger partial charge on any atom is -0.351 e. The minimum atomic E-state index is -0.259. The minimum absolute atomic E-state index is 0.0308. The Hall–Kier alpha value is -2.34. The standard InChI is InChI=1S/C19H17FN2O2S/c20-13-7-5-12(6-8-13)14-9-15(14)21-18(23)10-22-16-3-1-2-4-17(16)25-11-19(22)24/h1-8,14-15H,9-11H2,(H,21,23)/t14-,15+/m1/s1. The van der Waals surface area contributed by atoms with E-state index < -0.39 is 0 Å². The second-order valence-electron chi connectivity index (χ2n) is 6.30. The van der Waals surface area contributed by atoms with Crippen molar-refractivity contribution in [1.82, 2.24) is 5.32 Å². The van der Waals surface area contributed by atoms with Gasteiger partial charge in [-0.3, -0.25) is 9.59 Å². The average molecular weight is 356 g/mol. The molecular formula is C19H17FN2O2S. The smallest absolute Gasteiger partial charge is 0.240 e. The van der Waals surface area contributed by atoms with Crippen LogP contribution in [0.5, 0.6) is 0 Å². The maximum absolute atomic E-state index is 13.0. The van der Waals surface area contributed by atoms with Crippen LogP contribution in [0.1, 0.15) is 17.9 Å². The molecule has 2 aromatic rings. The highest BCUT2D eigenvalue weighted by atomic mass is 32.2. The lowest BCUT2D eigenvalue weighted by molar-refractivity contribution is -0.123. The first kappa shape index (κ1) is 16.1. The summed E-state index contributed by atoms with van der Waals surface area (Å²) < 4.78 is 13.0. The number of amides is 2. The molecule has 0 spiro atoms. The average Bonchev–Trinajstić information content (AvgIpc) is 3.37. The van der Waals surface area contributed by atoms with Crippen LogP contribution in [0.3, 0.4) is 0 Å². The molecule has 0 aromatic heterocycles. The number of halogens is 1. The van der Waals surface area contributed by atoms with Crippen molar-refractivity contribution < 1.29 is 14.0 Å². The molecule has 1 aliphatic heterocycles. The van der Waals surface area contributed by atoms with Crippen molar-refractivity contribution in [2.24, 2.45) is 0 Å². The normalized spacial score (nSPS) is 21.6. The fraction of sp³-hybridized carbons (Fsp3) is 0.263. The van der Waals surface area contributed by atoms with Gasteiger partial charge in [0.25, 0.3) is 0 Å². The number of rotatable bonds is 4. The third-order valence-electron chi connectivity index (χ3n) is 4.54. The Balaban J connectivity index is 1.39. The molecule has 1 saturated carbocycles. The molecule has 2 atom stereocenters. The van der Waals surface area contributed by atoms with Crippen molar-refractivity contribution in [2.75, 3.05) is 17.2 Å². The van der Waals surface area contributed by atoms with Crippen molar-refractivity contribution in [2.45, 2.75) is 23.3 Å². The van der Waals surface area contributed by atoms with E-state index in [0.717, 1.165) is 22.6 Å². The predicted octanol–water partition coefficient (Wildman–Crippen LogP) is 2.94. The molecule has 2 aliphatic rings. The second-order valence-corrected chi connectivity index (χ2v) is 7.32. The molecule has 4 rings (SSSR count). The molecule has 4 nitrogen and oxygen atoms in total. The van der Waals surface area contributed by atoms with Crippen LogP contribution < -0.4 is 10.2 Å². The number of para-hydroxylation sites is 1. The summed E-state index contributed by atoms with van der Waals surface area (Å²) in [5.74, 6) is 0.107. The Bertz CT molecular complexity index is 824. The molecule has 0 saturated heterocycles. The fourth-order valence-corrected chi connectivity index (χ4v) is 4.09. The van der Waals surface area contributed by atoms with E-state index in [4.69, 9.17) is 0 Å². The lowest BCUT2D eigenvalue weighted by Gasteiger charge is -2.28. The van der Waals surface area contributed by atoms with E-state index in [2.05, 4.69) is 5.32 Å². The Morgan fingerprint density at radius 2 is 1.96 bits per heavy atom. The molecule has 0 radical (unpaired) electrons. The molecule has 6 heteroatoms. The second kappa shape index (κ2) is 6.52. The zero-order chi connectivity index (χ0) is 17.4. The summed E-state index contributed by atoms with van der Waals surface area (Å²) in [6, 6.07) is 14.1. The first-order chi connectivity index (χ1) is 12.1. The Morgan fingerprint density at radius 3 is 2.76 bits per heavy atom. The number of carbonyl (C=O) groups excluding carboxylic acids is 2. The Labute approximate surface area is 149 Å². The van der Waals surface area contributed by atoms with E-state index >= 15 is 0 Å². The maximum atomic E-state index is 13.0. The molecule has 2 amide bonds. The van der Waals surface area contributed by atoms with Gasteiger partial charge in [0.2, 0.25) is 11.8 Å². The fourth-order valence-electron chi connectivity index (χ4n) is 3.16. The number of fused-ring (bicyclic) bond motifs is 1. The van der Waals surface area contributed by atoms with E-state index in [9.17, 15) is 14.0 Å². The van der Waals surface area contributed by atoms with Gasteiger partial charge in [-0.1, -0.05) is 24.3 Å². The molecule has 0 bridgehead atoms. The summed E-state index contributed by atoms with van der Waals surface area (Å²) in [7, 11) is 0. The zero-order valence-corrected chi connectivity index (χ0v) is 14.3. The maximum Gasteiger partial charge on any atom is 0.240 e. The molecule has 0 unspecified atom stereocenters. The zero-order valence-electron chi connectivity index (χ0n) is 13.4. The van der Waals surface area contributed by atoms with Gasteiger partial charge in [0.05, 0.1) is 11.4 Å². The van der Waals surface area contributed by atoms with Gasteiger partial charge in [-0.05, 0) is 36.2 Å². The summed E-state index contributed by atoms with van der Waals surface area (Å²) in [4.78, 5) is 27.1. The summed E-state index contributed by atoms with van der Waals surface area (Å²) in [5.41, 5.74) is 1.83. The number of benzene rings is 2. The van der Waals surface area contributed by atoms with Crippen molar-refractivity contribution in [3.05, 3.63) is 59.9 Å². The number of anilines is 1. The third kappa shape index (κ3) is 3.39. The summed E-state index contributed by atoms with van der Waals surface area (Å²) >= 11 is 1.50.